The summed E-state index contributed by atoms with van der Waals surface area (Å²) >= 11 is 12.4. The van der Waals surface area contributed by atoms with E-state index >= 15 is 0 Å². The molecule has 0 radical (unpaired) electrons. The van der Waals surface area contributed by atoms with Gasteiger partial charge in [-0.15, -0.1) is 0 Å². The Bertz CT molecular complexity index is 2330. The number of nitrogens with one attached hydrogen (secondary N) is 1. The lowest BCUT2D eigenvalue weighted by Gasteiger charge is -2.41. The summed E-state index contributed by atoms with van der Waals surface area (Å²) in [6.45, 7) is -1.26. The summed E-state index contributed by atoms with van der Waals surface area (Å²) in [5.74, 6) is 4.11. The van der Waals surface area contributed by atoms with E-state index < -0.39 is 88.0 Å². The van der Waals surface area contributed by atoms with Gasteiger partial charge in [-0.1, -0.05) is 24.0 Å². The fraction of sp³-hybridized carbons (Fsp3) is 0.462. The van der Waals surface area contributed by atoms with Crippen molar-refractivity contribution >= 4 is 72.8 Å². The highest BCUT2D eigenvalue weighted by atomic mass is 35.5. The second kappa shape index (κ2) is 12.1. The van der Waals surface area contributed by atoms with Crippen molar-refractivity contribution in [3.05, 3.63) is 35.4 Å². The smallest absolute Gasteiger partial charge is 0.395 e. The quantitative estimate of drug-likeness (QED) is 0.0302. The summed E-state index contributed by atoms with van der Waals surface area (Å²) in [4.78, 5) is 59.5. The third-order valence-electron chi connectivity index (χ3n) is 10.1. The number of allylic oxidation sites excluding steroid dienone is 1. The van der Waals surface area contributed by atoms with Crippen molar-refractivity contribution in [3.63, 3.8) is 0 Å². The fourth-order valence-corrected chi connectivity index (χ4v) is 9.58. The first-order valence-electron chi connectivity index (χ1n) is 15.1. The van der Waals surface area contributed by atoms with E-state index in [0.29, 0.717) is 0 Å². The fourth-order valence-electron chi connectivity index (χ4n) is 7.59. The number of aromatic nitrogens is 8. The number of nitrogen functional groups attached to an aromatic ring is 1. The largest absolute Gasteiger partial charge is 0.481 e. The van der Waals surface area contributed by atoms with Gasteiger partial charge in [-0.25, -0.2) is 24.6 Å². The summed E-state index contributed by atoms with van der Waals surface area (Å²) in [5.41, 5.74) is 6.43. The van der Waals surface area contributed by atoms with Crippen LogP contribution in [-0.4, -0.2) is 112 Å². The number of nitrogens with two attached hydrogens (primary N) is 1. The van der Waals surface area contributed by atoms with Crippen LogP contribution in [0.5, 0.6) is 0 Å². The zero-order valence-electron chi connectivity index (χ0n) is 25.8. The Hall–Kier alpha value is -3.36. The van der Waals surface area contributed by atoms with Gasteiger partial charge in [0.1, 0.15) is 23.8 Å². The number of hydrogen-bond acceptors (Lipinski definition) is 17. The Balaban J connectivity index is 1.14. The number of fused-ring (bicyclic) bond motifs is 4. The lowest BCUT2D eigenvalue weighted by Crippen LogP contribution is -2.45. The summed E-state index contributed by atoms with van der Waals surface area (Å²) < 4.78 is 35.5. The van der Waals surface area contributed by atoms with Crippen LogP contribution in [0.3, 0.4) is 0 Å². The molecule has 4 aliphatic rings. The van der Waals surface area contributed by atoms with E-state index in [-0.39, 0.29) is 44.5 Å². The van der Waals surface area contributed by atoms with Gasteiger partial charge < -0.3 is 50.0 Å². The molecule has 0 aliphatic heterocycles. The molecule has 52 heavy (non-hydrogen) atoms. The lowest BCUT2D eigenvalue weighted by molar-refractivity contribution is -0.0533. The van der Waals surface area contributed by atoms with Gasteiger partial charge >= 0.3 is 15.6 Å². The Morgan fingerprint density at radius 3 is 2.21 bits per heavy atom. The molecular formula is C26H26Cl2N10O12P2. The predicted molar refractivity (Wildman–Crippen MR) is 174 cm³/mol. The molecule has 10 N–H and O–H groups in total. The average Bonchev–Trinajstić information content (AvgIpc) is 3.71. The molecule has 0 saturated heterocycles. The molecule has 2 fully saturated rings. The van der Waals surface area contributed by atoms with Crippen LogP contribution < -0.4 is 11.2 Å². The van der Waals surface area contributed by atoms with E-state index in [1.165, 1.54) is 27.9 Å². The van der Waals surface area contributed by atoms with Crippen molar-refractivity contribution in [2.45, 2.75) is 36.5 Å². The first-order chi connectivity index (χ1) is 24.5. The second-order valence-corrected chi connectivity index (χ2v) is 16.2. The Morgan fingerprint density at radius 2 is 1.62 bits per heavy atom. The van der Waals surface area contributed by atoms with E-state index in [4.69, 9.17) is 48.1 Å². The van der Waals surface area contributed by atoms with Gasteiger partial charge in [0.05, 0.1) is 55.4 Å². The Labute approximate surface area is 300 Å². The molecule has 2 saturated carbocycles. The van der Waals surface area contributed by atoms with Crippen molar-refractivity contribution in [1.29, 1.82) is 0 Å². The van der Waals surface area contributed by atoms with Crippen LogP contribution in [0.25, 0.3) is 22.3 Å². The van der Waals surface area contributed by atoms with Crippen LogP contribution >= 0.6 is 38.8 Å². The Morgan fingerprint density at radius 1 is 0.962 bits per heavy atom. The standard InChI is InChI=1S/C26H26Cl2N10O12P2/c27-23-32-19(29)11-21(34-23)38(7-30-11)14-10-2-4-26(10,6-48-52(46,47)50-51(43,44)45)18(42)16(14)49-36-20-12-22(35-24(28)33-20)37(8-31-12)13-9-1-3-25(9,5-39)17(41)15(13)40/h2,4,7-10,13-18,39-42H,5-6H2,(H,46,47)(H2,29,32,34)(H,33,35,36)(H2,43,44,45)/t9-,10-,13-,14-,15+,16+,17+,18+,25+,26+/m1/s1. The number of aliphatic hydroxyl groups is 4. The maximum Gasteiger partial charge on any atom is 0.481 e. The van der Waals surface area contributed by atoms with E-state index in [9.17, 15) is 34.4 Å². The van der Waals surface area contributed by atoms with Gasteiger partial charge in [0.15, 0.2) is 28.4 Å². The van der Waals surface area contributed by atoms with Gasteiger partial charge in [0, 0.05) is 11.3 Å². The second-order valence-electron chi connectivity index (χ2n) is 12.7. The third kappa shape index (κ3) is 5.28. The van der Waals surface area contributed by atoms with E-state index in [0.717, 1.165) is 0 Å². The van der Waals surface area contributed by atoms with E-state index in [2.05, 4.69) is 51.5 Å². The molecule has 26 heteroatoms. The molecule has 22 nitrogen and oxygen atoms in total. The maximum atomic E-state index is 12.4. The molecule has 8 rings (SSSR count). The average molecular weight is 803 g/mol. The van der Waals surface area contributed by atoms with Gasteiger partial charge in [-0.3, -0.25) is 9.36 Å². The van der Waals surface area contributed by atoms with Gasteiger partial charge in [-0.05, 0) is 23.2 Å². The number of rotatable bonds is 11. The number of nitrogens with zero attached hydrogens (tertiary/aromatic N) is 8. The number of anilines is 2. The number of halogens is 2. The van der Waals surface area contributed by atoms with Crippen LogP contribution in [-0.2, 0) is 22.8 Å². The van der Waals surface area contributed by atoms with Crippen molar-refractivity contribution in [2.75, 3.05) is 24.4 Å². The van der Waals surface area contributed by atoms with Crippen LogP contribution in [0, 0.1) is 34.5 Å². The number of phosphoric acid groups is 2. The van der Waals surface area contributed by atoms with Gasteiger partial charge in [0.2, 0.25) is 10.6 Å². The third-order valence-corrected chi connectivity index (χ3v) is 12.5. The maximum absolute atomic E-state index is 12.4. The molecule has 4 heterocycles. The molecule has 0 spiro atoms. The molecule has 4 aromatic rings. The molecule has 0 aromatic carbocycles. The van der Waals surface area contributed by atoms with Crippen molar-refractivity contribution in [3.8, 4) is 11.8 Å². The lowest BCUT2D eigenvalue weighted by atomic mass is 9.68. The van der Waals surface area contributed by atoms with Crippen LogP contribution in [0.2, 0.25) is 10.6 Å². The van der Waals surface area contributed by atoms with Crippen molar-refractivity contribution in [1.82, 2.24) is 39.0 Å². The molecule has 4 aliphatic carbocycles. The topological polar surface area (TPSA) is 329 Å². The van der Waals surface area contributed by atoms with Gasteiger partial charge in [0.25, 0.3) is 0 Å². The summed E-state index contributed by atoms with van der Waals surface area (Å²) in [7, 11) is -10.8. The highest BCUT2D eigenvalue weighted by Gasteiger charge is 2.65. The number of phosphoric ester groups is 1. The van der Waals surface area contributed by atoms with Crippen LogP contribution in [0.1, 0.15) is 12.1 Å². The molecule has 276 valence electrons. The van der Waals surface area contributed by atoms with E-state index in [1.807, 2.05) is 0 Å². The van der Waals surface area contributed by atoms with E-state index in [1.54, 1.807) is 6.08 Å². The highest BCUT2D eigenvalue weighted by Crippen LogP contribution is 2.63. The SMILES string of the molecule is Nc1nc(Cl)nc2c1ncn2[C@H]1[C@H](ONc2nc(Cl)nc3c2ncn3[C@H]2[C@H](O)[C@H](O)[C@]3(CO)C#C[C@H]23)[C@H](O)[C@]2(COP(=O)(O)OP(=O)(O)O)C=C[C@H]12. The molecule has 0 amide bonds. The minimum atomic E-state index is -5.45. The first kappa shape index (κ1) is 35.7. The molecule has 11 atom stereocenters. The Kier molecular flexibility index (Phi) is 8.28. The zero-order valence-corrected chi connectivity index (χ0v) is 29.1. The van der Waals surface area contributed by atoms with Crippen molar-refractivity contribution in [2.24, 2.45) is 22.7 Å². The zero-order chi connectivity index (χ0) is 37.1. The molecule has 1 unspecified atom stereocenters. The molecular weight excluding hydrogens is 777 g/mol. The predicted octanol–water partition coefficient (Wildman–Crippen LogP) is -0.530. The van der Waals surface area contributed by atoms with Crippen LogP contribution in [0.4, 0.5) is 11.6 Å². The normalized spacial score (nSPS) is 34.3. The summed E-state index contributed by atoms with van der Waals surface area (Å²) in [6, 6.07) is -1.82. The van der Waals surface area contributed by atoms with Gasteiger partial charge in [-0.2, -0.15) is 24.2 Å². The molecule has 0 bridgehead atoms. The minimum absolute atomic E-state index is 0.0462. The monoisotopic (exact) mass is 802 g/mol. The summed E-state index contributed by atoms with van der Waals surface area (Å²) in [6.07, 6.45) is 0.172. The molecule has 4 aromatic heterocycles. The highest BCUT2D eigenvalue weighted by molar-refractivity contribution is 7.60. The number of imidazole rings is 2. The number of aliphatic hydroxyl groups excluding tert-OH is 4. The first-order valence-corrected chi connectivity index (χ1v) is 18.9. The summed E-state index contributed by atoms with van der Waals surface area (Å²) in [5, 5.41) is 43.0. The van der Waals surface area contributed by atoms with Crippen molar-refractivity contribution < 1.29 is 57.9 Å². The number of hydrogen-bond donors (Lipinski definition) is 9. The van der Waals surface area contributed by atoms with Crippen LogP contribution in [0.15, 0.2) is 24.8 Å². The minimum Gasteiger partial charge on any atom is -0.395 e.